The molecule has 2 aromatic rings. The van der Waals surface area contributed by atoms with Gasteiger partial charge in [-0.3, -0.25) is 0 Å². The fourth-order valence-electron chi connectivity index (χ4n) is 2.94. The van der Waals surface area contributed by atoms with Crippen molar-refractivity contribution < 1.29 is 0 Å². The molecule has 0 aliphatic rings. The van der Waals surface area contributed by atoms with Crippen LogP contribution >= 0.6 is 0 Å². The standard InChI is InChI=1S/C20H28N2/c1-12(2)17-10-15(11-18(13(3)4)20(17)22)9-16-8-6-7-14(5)19(16)21/h6-8,10-13H,9,21-22H2,1-5H3. The quantitative estimate of drug-likeness (QED) is 0.780. The second kappa shape index (κ2) is 6.43. The maximum atomic E-state index is 6.38. The Morgan fingerprint density at radius 3 is 1.91 bits per heavy atom. The van der Waals surface area contributed by atoms with Crippen molar-refractivity contribution in [2.75, 3.05) is 11.5 Å². The van der Waals surface area contributed by atoms with Crippen LogP contribution in [0.2, 0.25) is 0 Å². The zero-order valence-corrected chi connectivity index (χ0v) is 14.4. The van der Waals surface area contributed by atoms with Crippen molar-refractivity contribution in [3.63, 3.8) is 0 Å². The summed E-state index contributed by atoms with van der Waals surface area (Å²) in [6.07, 6.45) is 0.854. The molecule has 0 atom stereocenters. The summed E-state index contributed by atoms with van der Waals surface area (Å²) in [5.41, 5.74) is 20.6. The minimum atomic E-state index is 0.423. The summed E-state index contributed by atoms with van der Waals surface area (Å²) >= 11 is 0. The van der Waals surface area contributed by atoms with Gasteiger partial charge in [0.2, 0.25) is 0 Å². The third-order valence-electron chi connectivity index (χ3n) is 4.36. The summed E-state index contributed by atoms with van der Waals surface area (Å²) in [7, 11) is 0. The second-order valence-corrected chi connectivity index (χ2v) is 6.82. The molecule has 0 aliphatic carbocycles. The number of hydrogen-bond acceptors (Lipinski definition) is 2. The van der Waals surface area contributed by atoms with Gasteiger partial charge < -0.3 is 11.5 Å². The molecule has 0 heterocycles. The van der Waals surface area contributed by atoms with Crippen LogP contribution in [0, 0.1) is 6.92 Å². The van der Waals surface area contributed by atoms with E-state index in [1.807, 2.05) is 0 Å². The predicted octanol–water partition coefficient (Wildman–Crippen LogP) is 5.00. The highest BCUT2D eigenvalue weighted by Gasteiger charge is 2.14. The van der Waals surface area contributed by atoms with Crippen LogP contribution in [0.15, 0.2) is 30.3 Å². The van der Waals surface area contributed by atoms with E-state index in [9.17, 15) is 0 Å². The molecule has 0 unspecified atom stereocenters. The van der Waals surface area contributed by atoms with Crippen LogP contribution in [0.4, 0.5) is 11.4 Å². The van der Waals surface area contributed by atoms with Crippen LogP contribution in [0.1, 0.15) is 67.3 Å². The van der Waals surface area contributed by atoms with Gasteiger partial charge in [0.15, 0.2) is 0 Å². The van der Waals surface area contributed by atoms with E-state index in [2.05, 4.69) is 65.0 Å². The third kappa shape index (κ3) is 3.27. The van der Waals surface area contributed by atoms with Gasteiger partial charge in [-0.05, 0) is 53.0 Å². The normalized spacial score (nSPS) is 11.4. The Labute approximate surface area is 134 Å². The molecule has 2 heteroatoms. The topological polar surface area (TPSA) is 52.0 Å². The van der Waals surface area contributed by atoms with Crippen molar-refractivity contribution in [2.45, 2.75) is 52.9 Å². The molecule has 0 amide bonds. The van der Waals surface area contributed by atoms with Crippen molar-refractivity contribution in [3.05, 3.63) is 58.1 Å². The molecular weight excluding hydrogens is 268 g/mol. The van der Waals surface area contributed by atoms with E-state index in [0.29, 0.717) is 11.8 Å². The molecule has 2 aromatic carbocycles. The highest BCUT2D eigenvalue weighted by Crippen LogP contribution is 2.32. The Kier molecular flexibility index (Phi) is 4.80. The smallest absolute Gasteiger partial charge is 0.0384 e. The number of hydrogen-bond donors (Lipinski definition) is 2. The van der Waals surface area contributed by atoms with E-state index in [-0.39, 0.29) is 0 Å². The van der Waals surface area contributed by atoms with Gasteiger partial charge in [0.05, 0.1) is 0 Å². The van der Waals surface area contributed by atoms with Crippen LogP contribution in [0.5, 0.6) is 0 Å². The number of rotatable bonds is 4. The van der Waals surface area contributed by atoms with Gasteiger partial charge >= 0.3 is 0 Å². The first-order valence-electron chi connectivity index (χ1n) is 8.07. The van der Waals surface area contributed by atoms with E-state index in [1.165, 1.54) is 22.3 Å². The second-order valence-electron chi connectivity index (χ2n) is 6.82. The first-order valence-corrected chi connectivity index (χ1v) is 8.07. The zero-order valence-electron chi connectivity index (χ0n) is 14.4. The fraction of sp³-hybridized carbons (Fsp3) is 0.400. The Hall–Kier alpha value is -1.96. The van der Waals surface area contributed by atoms with Gasteiger partial charge in [-0.15, -0.1) is 0 Å². The van der Waals surface area contributed by atoms with Crippen LogP contribution in [-0.4, -0.2) is 0 Å². The highest BCUT2D eigenvalue weighted by molar-refractivity contribution is 5.60. The van der Waals surface area contributed by atoms with Gasteiger partial charge in [-0.1, -0.05) is 58.0 Å². The van der Waals surface area contributed by atoms with Crippen molar-refractivity contribution in [2.24, 2.45) is 0 Å². The molecule has 4 N–H and O–H groups in total. The van der Waals surface area contributed by atoms with E-state index in [0.717, 1.165) is 23.4 Å². The molecule has 2 nitrogen and oxygen atoms in total. The lowest BCUT2D eigenvalue weighted by Gasteiger charge is -2.19. The Bertz CT molecular complexity index is 640. The molecule has 0 fully saturated rings. The molecule has 0 aliphatic heterocycles. The SMILES string of the molecule is Cc1cccc(Cc2cc(C(C)C)c(N)c(C(C)C)c2)c1N. The average molecular weight is 296 g/mol. The van der Waals surface area contributed by atoms with Crippen LogP contribution in [0.25, 0.3) is 0 Å². The minimum absolute atomic E-state index is 0.423. The molecule has 2 rings (SSSR count). The summed E-state index contributed by atoms with van der Waals surface area (Å²) in [5.74, 6) is 0.847. The molecular formula is C20H28N2. The lowest BCUT2D eigenvalue weighted by molar-refractivity contribution is 0.834. The van der Waals surface area contributed by atoms with Crippen molar-refractivity contribution in [1.29, 1.82) is 0 Å². The monoisotopic (exact) mass is 296 g/mol. The number of benzene rings is 2. The van der Waals surface area contributed by atoms with Crippen molar-refractivity contribution in [1.82, 2.24) is 0 Å². The lowest BCUT2D eigenvalue weighted by Crippen LogP contribution is -2.06. The Balaban J connectivity index is 2.49. The first-order chi connectivity index (χ1) is 10.3. The summed E-state index contributed by atoms with van der Waals surface area (Å²) in [6, 6.07) is 10.7. The number of para-hydroxylation sites is 1. The highest BCUT2D eigenvalue weighted by atomic mass is 14.6. The van der Waals surface area contributed by atoms with E-state index < -0.39 is 0 Å². The van der Waals surface area contributed by atoms with Gasteiger partial charge in [-0.25, -0.2) is 0 Å². The van der Waals surface area contributed by atoms with Crippen LogP contribution < -0.4 is 11.5 Å². The van der Waals surface area contributed by atoms with E-state index in [4.69, 9.17) is 11.5 Å². The summed E-state index contributed by atoms with van der Waals surface area (Å²) in [6.45, 7) is 10.8. The Morgan fingerprint density at radius 2 is 1.41 bits per heavy atom. The number of aryl methyl sites for hydroxylation is 1. The summed E-state index contributed by atoms with van der Waals surface area (Å²) in [4.78, 5) is 0. The zero-order chi connectivity index (χ0) is 16.4. The number of nitrogen functional groups attached to an aromatic ring is 2. The largest absolute Gasteiger partial charge is 0.398 e. The number of anilines is 2. The predicted molar refractivity (Wildman–Crippen MR) is 97.4 cm³/mol. The number of nitrogens with two attached hydrogens (primary N) is 2. The van der Waals surface area contributed by atoms with Crippen molar-refractivity contribution >= 4 is 11.4 Å². The maximum Gasteiger partial charge on any atom is 0.0384 e. The molecule has 0 spiro atoms. The average Bonchev–Trinajstić information content (AvgIpc) is 2.44. The van der Waals surface area contributed by atoms with Gasteiger partial charge in [0.25, 0.3) is 0 Å². The first kappa shape index (κ1) is 16.4. The summed E-state index contributed by atoms with van der Waals surface area (Å²) < 4.78 is 0. The molecule has 0 aromatic heterocycles. The Morgan fingerprint density at radius 1 is 0.864 bits per heavy atom. The van der Waals surface area contributed by atoms with Gasteiger partial charge in [0, 0.05) is 11.4 Å². The lowest BCUT2D eigenvalue weighted by atomic mass is 9.88. The molecule has 0 saturated heterocycles. The summed E-state index contributed by atoms with van der Waals surface area (Å²) in [5, 5.41) is 0. The van der Waals surface area contributed by atoms with E-state index in [1.54, 1.807) is 0 Å². The fourth-order valence-corrected chi connectivity index (χ4v) is 2.94. The van der Waals surface area contributed by atoms with Gasteiger partial charge in [0.1, 0.15) is 0 Å². The molecule has 0 radical (unpaired) electrons. The van der Waals surface area contributed by atoms with Crippen LogP contribution in [-0.2, 0) is 6.42 Å². The molecule has 118 valence electrons. The van der Waals surface area contributed by atoms with Gasteiger partial charge in [-0.2, -0.15) is 0 Å². The third-order valence-corrected chi connectivity index (χ3v) is 4.36. The molecule has 22 heavy (non-hydrogen) atoms. The molecule has 0 bridgehead atoms. The minimum Gasteiger partial charge on any atom is -0.398 e. The maximum absolute atomic E-state index is 6.38. The van der Waals surface area contributed by atoms with Crippen LogP contribution in [0.3, 0.4) is 0 Å². The molecule has 0 saturated carbocycles. The van der Waals surface area contributed by atoms with E-state index >= 15 is 0 Å². The van der Waals surface area contributed by atoms with Crippen molar-refractivity contribution in [3.8, 4) is 0 Å².